The zero-order chi connectivity index (χ0) is 36.3. The summed E-state index contributed by atoms with van der Waals surface area (Å²) in [6.45, 7) is 2.99. The first-order chi connectivity index (χ1) is 22.9. The van der Waals surface area contributed by atoms with Gasteiger partial charge in [-0.1, -0.05) is 56.2 Å². The highest BCUT2D eigenvalue weighted by molar-refractivity contribution is 8.13. The van der Waals surface area contributed by atoms with E-state index < -0.39 is 31.1 Å². The van der Waals surface area contributed by atoms with Gasteiger partial charge in [0, 0.05) is 28.6 Å². The van der Waals surface area contributed by atoms with Crippen molar-refractivity contribution in [2.45, 2.75) is 43.6 Å². The smallest absolute Gasteiger partial charge is 0.480 e. The van der Waals surface area contributed by atoms with Crippen molar-refractivity contribution in [3.63, 3.8) is 0 Å². The Kier molecular flexibility index (Phi) is 13.2. The molecule has 4 aromatic rings. The summed E-state index contributed by atoms with van der Waals surface area (Å²) in [6, 6.07) is 26.9. The second-order valence-electron chi connectivity index (χ2n) is 10.3. The van der Waals surface area contributed by atoms with Crippen LogP contribution in [0, 0.1) is 23.7 Å². The molecule has 0 bridgehead atoms. The van der Waals surface area contributed by atoms with E-state index in [2.05, 4.69) is 90.9 Å². The van der Waals surface area contributed by atoms with Gasteiger partial charge in [0.1, 0.15) is 12.8 Å². The van der Waals surface area contributed by atoms with Gasteiger partial charge >= 0.3 is 11.0 Å². The Morgan fingerprint density at radius 1 is 0.755 bits per heavy atom. The summed E-state index contributed by atoms with van der Waals surface area (Å²) in [5.41, 5.74) is -7.02. The molecule has 0 aliphatic heterocycles. The van der Waals surface area contributed by atoms with Gasteiger partial charge in [-0.3, -0.25) is 0 Å². The van der Waals surface area contributed by atoms with Gasteiger partial charge in [0.2, 0.25) is 5.52 Å². The third kappa shape index (κ3) is 11.2. The predicted octanol–water partition coefficient (Wildman–Crippen LogP) is 7.75. The van der Waals surface area contributed by atoms with Crippen LogP contribution in [0.2, 0.25) is 0 Å². The molecule has 0 amide bonds. The number of sulfonamides is 2. The Morgan fingerprint density at radius 3 is 2.02 bits per heavy atom. The van der Waals surface area contributed by atoms with Gasteiger partial charge in [0.25, 0.3) is 0 Å². The van der Waals surface area contributed by atoms with Gasteiger partial charge in [-0.15, -0.1) is 0 Å². The highest BCUT2D eigenvalue weighted by Gasteiger charge is 2.46. The molecule has 4 rings (SSSR count). The lowest BCUT2D eigenvalue weighted by molar-refractivity contribution is -0.644. The first kappa shape index (κ1) is 38.9. The second kappa shape index (κ2) is 16.7. The van der Waals surface area contributed by atoms with Crippen LogP contribution in [0.25, 0.3) is 26.2 Å². The normalized spacial score (nSPS) is 11.8. The van der Waals surface area contributed by atoms with Crippen LogP contribution in [0.15, 0.2) is 85.1 Å². The minimum absolute atomic E-state index is 0.769. The molecule has 0 fully saturated rings. The maximum Gasteiger partial charge on any atom is 0.480 e. The number of fused-ring (bicyclic) bond motifs is 1. The summed E-state index contributed by atoms with van der Waals surface area (Å²) >= 11 is 0. The van der Waals surface area contributed by atoms with E-state index in [-0.39, 0.29) is 0 Å². The monoisotopic (exact) mass is 724 g/mol. The van der Waals surface area contributed by atoms with Crippen molar-refractivity contribution in [1.29, 1.82) is 0 Å². The summed E-state index contributed by atoms with van der Waals surface area (Å²) in [5.74, 6) is 13.3. The molecule has 0 saturated carbocycles. The molecule has 0 radical (unpaired) electrons. The third-order valence-electron chi connectivity index (χ3n) is 6.60. The zero-order valence-electron chi connectivity index (χ0n) is 26.1. The van der Waals surface area contributed by atoms with Gasteiger partial charge in [0.15, 0.2) is 26.2 Å². The number of pyridine rings is 1. The second-order valence-corrected chi connectivity index (χ2v) is 13.7. The SMILES string of the molecule is CCCCCCOc1ccc(C#CC#Cc2ccccc2-c2ccc3c(ccc[n+]3C)c2)cc1.O=S(=O)([N-]S(=O)(=O)C(F)(F)F)C(F)(F)F. The zero-order valence-corrected chi connectivity index (χ0v) is 27.8. The molecule has 0 aliphatic carbocycles. The van der Waals surface area contributed by atoms with Gasteiger partial charge in [-0.2, -0.15) is 26.3 Å². The Balaban J connectivity index is 0.000000367. The maximum absolute atomic E-state index is 11.4. The fourth-order valence-corrected chi connectivity index (χ4v) is 5.86. The number of aryl methyl sites for hydroxylation is 1. The van der Waals surface area contributed by atoms with Crippen LogP contribution in [0.1, 0.15) is 43.7 Å². The fraction of sp³-hybridized carbons (Fsp3) is 0.265. The average molecular weight is 725 g/mol. The average Bonchev–Trinajstić information content (AvgIpc) is 3.02. The first-order valence-corrected chi connectivity index (χ1v) is 17.4. The van der Waals surface area contributed by atoms with Crippen LogP contribution in [0.5, 0.6) is 5.75 Å². The van der Waals surface area contributed by atoms with E-state index in [9.17, 15) is 43.2 Å². The number of hydrogen-bond acceptors (Lipinski definition) is 5. The number of hydrogen-bond donors (Lipinski definition) is 0. The molecule has 0 spiro atoms. The molecule has 15 heteroatoms. The van der Waals surface area contributed by atoms with Crippen LogP contribution in [0.3, 0.4) is 0 Å². The lowest BCUT2D eigenvalue weighted by Crippen LogP contribution is -2.30. The molecule has 0 saturated heterocycles. The van der Waals surface area contributed by atoms with Crippen molar-refractivity contribution >= 4 is 30.9 Å². The van der Waals surface area contributed by atoms with Crippen LogP contribution in [-0.4, -0.2) is 34.5 Å². The number of aromatic nitrogens is 1. The largest absolute Gasteiger partial charge is 0.494 e. The fourth-order valence-electron chi connectivity index (χ4n) is 4.15. The first-order valence-electron chi connectivity index (χ1n) is 14.5. The Hall–Kier alpha value is -4.57. The summed E-state index contributed by atoms with van der Waals surface area (Å²) in [6.07, 6.45) is 6.90. The third-order valence-corrected chi connectivity index (χ3v) is 9.34. The number of unbranched alkanes of at least 4 members (excludes halogenated alkanes) is 3. The highest BCUT2D eigenvalue weighted by atomic mass is 32.3. The molecule has 49 heavy (non-hydrogen) atoms. The predicted molar refractivity (Wildman–Crippen MR) is 174 cm³/mol. The topological polar surface area (TPSA) is 95.5 Å². The molecule has 1 heterocycles. The lowest BCUT2D eigenvalue weighted by Gasteiger charge is -2.22. The molecule has 260 valence electrons. The van der Waals surface area contributed by atoms with Crippen LogP contribution < -0.4 is 9.30 Å². The number of halogens is 6. The Morgan fingerprint density at radius 2 is 1.39 bits per heavy atom. The molecule has 7 nitrogen and oxygen atoms in total. The molecular weight excluding hydrogens is 695 g/mol. The molecule has 3 aromatic carbocycles. The van der Waals surface area contributed by atoms with E-state index in [0.29, 0.717) is 0 Å². The molecule has 0 unspecified atom stereocenters. The van der Waals surface area contributed by atoms with Gasteiger partial charge in [-0.25, -0.2) is 21.4 Å². The summed E-state index contributed by atoms with van der Waals surface area (Å²) < 4.78 is 117. The Bertz CT molecular complexity index is 2050. The number of nitrogens with zero attached hydrogens (tertiary/aromatic N) is 2. The number of benzene rings is 3. The summed E-state index contributed by atoms with van der Waals surface area (Å²) in [4.78, 5) is 0. The summed E-state index contributed by atoms with van der Waals surface area (Å²) in [7, 11) is -11.4. The maximum atomic E-state index is 11.4. The number of alkyl halides is 6. The molecule has 0 N–H and O–H groups in total. The van der Waals surface area contributed by atoms with E-state index in [4.69, 9.17) is 4.74 Å². The van der Waals surface area contributed by atoms with Gasteiger partial charge < -0.3 is 8.86 Å². The number of rotatable bonds is 9. The van der Waals surface area contributed by atoms with Crippen molar-refractivity contribution in [2.24, 2.45) is 7.05 Å². The van der Waals surface area contributed by atoms with Crippen molar-refractivity contribution in [3.05, 3.63) is 100 Å². The summed E-state index contributed by atoms with van der Waals surface area (Å²) in [5, 5.41) is 1.21. The Labute approximate surface area is 281 Å². The van der Waals surface area contributed by atoms with Crippen molar-refractivity contribution < 1.29 is 52.5 Å². The van der Waals surface area contributed by atoms with E-state index >= 15 is 0 Å². The van der Waals surface area contributed by atoms with Crippen LogP contribution in [0.4, 0.5) is 26.3 Å². The standard InChI is InChI=1S/C32H30NO.C2F6NO4S2/c1-3-4-5-10-24-34-30-20-17-26(18-21-30)12-6-7-13-27-14-8-9-16-31(27)28-19-22-32-29(25-28)15-11-23-33(32)2;3-1(4,5)14(10,11)9-15(12,13)2(6,7)8/h8-9,11,14-23,25H,3-5,10,24H2,1-2H3;/q+1;-1. The molecule has 1 aromatic heterocycles. The van der Waals surface area contributed by atoms with Crippen molar-refractivity contribution in [2.75, 3.05) is 6.61 Å². The molecule has 0 aliphatic rings. The van der Waals surface area contributed by atoms with E-state index in [1.807, 2.05) is 36.4 Å². The van der Waals surface area contributed by atoms with E-state index in [0.717, 1.165) is 45.2 Å². The van der Waals surface area contributed by atoms with Gasteiger partial charge in [-0.05, 0) is 77.9 Å². The van der Waals surface area contributed by atoms with Crippen molar-refractivity contribution in [1.82, 2.24) is 0 Å². The minimum atomic E-state index is -6.72. The highest BCUT2D eigenvalue weighted by Crippen LogP contribution is 2.36. The number of ether oxygens (including phenoxy) is 1. The minimum Gasteiger partial charge on any atom is -0.494 e. The van der Waals surface area contributed by atoms with E-state index in [1.165, 1.54) is 30.2 Å². The lowest BCUT2D eigenvalue weighted by atomic mass is 9.98. The van der Waals surface area contributed by atoms with Crippen LogP contribution >= 0.6 is 0 Å². The molecular formula is C34H30F6N2O5S2. The van der Waals surface area contributed by atoms with Crippen molar-refractivity contribution in [3.8, 4) is 40.6 Å². The van der Waals surface area contributed by atoms with Gasteiger partial charge in [0.05, 0.1) is 6.61 Å². The van der Waals surface area contributed by atoms with Crippen LogP contribution in [-0.2, 0) is 27.1 Å². The quantitative estimate of drug-likeness (QED) is 0.0762. The molecule has 0 atom stereocenters. The van der Waals surface area contributed by atoms with E-state index in [1.54, 1.807) is 0 Å².